The molecule has 3 heterocycles. The van der Waals surface area contributed by atoms with Gasteiger partial charge in [0, 0.05) is 55.8 Å². The molecule has 1 spiro atoms. The van der Waals surface area contributed by atoms with E-state index in [1.54, 1.807) is 23.4 Å². The number of hydrogen-bond acceptors (Lipinski definition) is 5. The Hall–Kier alpha value is -2.90. The minimum atomic E-state index is -0.570. The van der Waals surface area contributed by atoms with Crippen LogP contribution in [-0.4, -0.2) is 64.5 Å². The first kappa shape index (κ1) is 22.8. The van der Waals surface area contributed by atoms with Gasteiger partial charge in [0.25, 0.3) is 5.91 Å². The van der Waals surface area contributed by atoms with Gasteiger partial charge in [-0.25, -0.2) is 4.79 Å². The Labute approximate surface area is 183 Å². The summed E-state index contributed by atoms with van der Waals surface area (Å²) in [6.07, 6.45) is 9.34. The van der Waals surface area contributed by atoms with Crippen molar-refractivity contribution in [1.29, 1.82) is 0 Å². The van der Waals surface area contributed by atoms with E-state index in [2.05, 4.69) is 4.98 Å². The van der Waals surface area contributed by atoms with Crippen molar-refractivity contribution in [3.63, 3.8) is 0 Å². The average Bonchev–Trinajstić information content (AvgIpc) is 2.72. The van der Waals surface area contributed by atoms with E-state index in [1.165, 1.54) is 12.2 Å². The molecule has 3 rings (SSSR count). The standard InChI is InChI=1S/C23H32N4O4/c1-22(2,3)31-21(30)27-14-9-23(10-15-27)7-12-26(13-8-23)20(29)18-6-11-25-16-17(18)4-5-19(24)28/h4-6,11,16H,7-10,12-15H2,1-3H3,(H2,24,28)/b5-4+. The number of rotatable bonds is 3. The average molecular weight is 429 g/mol. The lowest BCUT2D eigenvalue weighted by atomic mass is 9.71. The Balaban J connectivity index is 1.58. The molecule has 0 radical (unpaired) electrons. The number of aromatic nitrogens is 1. The summed E-state index contributed by atoms with van der Waals surface area (Å²) in [5.74, 6) is -0.632. The van der Waals surface area contributed by atoms with Gasteiger partial charge in [-0.2, -0.15) is 0 Å². The summed E-state index contributed by atoms with van der Waals surface area (Å²) in [4.78, 5) is 44.2. The van der Waals surface area contributed by atoms with Crippen LogP contribution in [0.5, 0.6) is 0 Å². The van der Waals surface area contributed by atoms with E-state index >= 15 is 0 Å². The van der Waals surface area contributed by atoms with Crippen LogP contribution >= 0.6 is 0 Å². The fraction of sp³-hybridized carbons (Fsp3) is 0.565. The van der Waals surface area contributed by atoms with Crippen molar-refractivity contribution in [2.75, 3.05) is 26.2 Å². The summed E-state index contributed by atoms with van der Waals surface area (Å²) in [6, 6.07) is 1.67. The van der Waals surface area contributed by atoms with Gasteiger partial charge >= 0.3 is 6.09 Å². The number of hydrogen-bond donors (Lipinski definition) is 1. The van der Waals surface area contributed by atoms with Crippen LogP contribution in [0.15, 0.2) is 24.5 Å². The van der Waals surface area contributed by atoms with E-state index in [9.17, 15) is 14.4 Å². The Morgan fingerprint density at radius 2 is 1.65 bits per heavy atom. The molecule has 168 valence electrons. The lowest BCUT2D eigenvalue weighted by Crippen LogP contribution is -2.50. The van der Waals surface area contributed by atoms with Gasteiger partial charge in [-0.15, -0.1) is 0 Å². The number of pyridine rings is 1. The molecule has 8 nitrogen and oxygen atoms in total. The zero-order valence-electron chi connectivity index (χ0n) is 18.6. The predicted molar refractivity (Wildman–Crippen MR) is 117 cm³/mol. The van der Waals surface area contributed by atoms with Crippen LogP contribution in [0.4, 0.5) is 4.79 Å². The van der Waals surface area contributed by atoms with Gasteiger partial charge in [0.2, 0.25) is 5.91 Å². The smallest absolute Gasteiger partial charge is 0.410 e. The van der Waals surface area contributed by atoms with E-state index in [4.69, 9.17) is 10.5 Å². The second-order valence-corrected chi connectivity index (χ2v) is 9.46. The zero-order chi connectivity index (χ0) is 22.6. The maximum atomic E-state index is 13.1. The van der Waals surface area contributed by atoms with Crippen LogP contribution in [0.3, 0.4) is 0 Å². The molecular weight excluding hydrogens is 396 g/mol. The number of carbonyl (C=O) groups is 3. The van der Waals surface area contributed by atoms with E-state index in [1.807, 2.05) is 25.7 Å². The molecule has 3 amide bonds. The van der Waals surface area contributed by atoms with E-state index in [-0.39, 0.29) is 17.4 Å². The summed E-state index contributed by atoms with van der Waals surface area (Å²) in [5, 5.41) is 0. The molecule has 8 heteroatoms. The highest BCUT2D eigenvalue weighted by Crippen LogP contribution is 2.41. The quantitative estimate of drug-likeness (QED) is 0.745. The van der Waals surface area contributed by atoms with Gasteiger partial charge in [0.05, 0.1) is 0 Å². The van der Waals surface area contributed by atoms with Crippen LogP contribution in [0.2, 0.25) is 0 Å². The topological polar surface area (TPSA) is 106 Å². The van der Waals surface area contributed by atoms with Gasteiger partial charge in [0.15, 0.2) is 0 Å². The number of primary amides is 1. The molecule has 0 bridgehead atoms. The molecule has 0 saturated carbocycles. The molecule has 0 aliphatic carbocycles. The van der Waals surface area contributed by atoms with Crippen LogP contribution in [0, 0.1) is 5.41 Å². The highest BCUT2D eigenvalue weighted by Gasteiger charge is 2.40. The summed E-state index contributed by atoms with van der Waals surface area (Å²) in [5.41, 5.74) is 5.95. The molecule has 2 aliphatic rings. The molecule has 0 atom stereocenters. The molecular formula is C23H32N4O4. The first-order valence-corrected chi connectivity index (χ1v) is 10.8. The molecule has 1 aromatic rings. The van der Waals surface area contributed by atoms with Crippen molar-refractivity contribution in [3.8, 4) is 0 Å². The molecule has 31 heavy (non-hydrogen) atoms. The third kappa shape index (κ3) is 5.83. The van der Waals surface area contributed by atoms with Gasteiger partial charge in [-0.3, -0.25) is 14.6 Å². The van der Waals surface area contributed by atoms with Gasteiger partial charge in [-0.05, 0) is 64.0 Å². The summed E-state index contributed by atoms with van der Waals surface area (Å²) in [6.45, 7) is 8.35. The minimum Gasteiger partial charge on any atom is -0.444 e. The van der Waals surface area contributed by atoms with Gasteiger partial charge in [-0.1, -0.05) is 0 Å². The van der Waals surface area contributed by atoms with Gasteiger partial charge < -0.3 is 20.3 Å². The summed E-state index contributed by atoms with van der Waals surface area (Å²) >= 11 is 0. The van der Waals surface area contributed by atoms with Gasteiger partial charge in [0.1, 0.15) is 5.60 Å². The van der Waals surface area contributed by atoms with Crippen LogP contribution < -0.4 is 5.73 Å². The third-order valence-corrected chi connectivity index (χ3v) is 6.10. The Morgan fingerprint density at radius 1 is 1.06 bits per heavy atom. The molecule has 2 fully saturated rings. The fourth-order valence-corrected chi connectivity index (χ4v) is 4.25. The van der Waals surface area contributed by atoms with Crippen molar-refractivity contribution in [1.82, 2.24) is 14.8 Å². The minimum absolute atomic E-state index is 0.0624. The third-order valence-electron chi connectivity index (χ3n) is 6.10. The van der Waals surface area contributed by atoms with Crippen molar-refractivity contribution < 1.29 is 19.1 Å². The van der Waals surface area contributed by atoms with Crippen LogP contribution in [0.25, 0.3) is 6.08 Å². The first-order valence-electron chi connectivity index (χ1n) is 10.8. The van der Waals surface area contributed by atoms with Crippen molar-refractivity contribution >= 4 is 24.0 Å². The largest absolute Gasteiger partial charge is 0.444 e. The highest BCUT2D eigenvalue weighted by atomic mass is 16.6. The molecule has 1 aromatic heterocycles. The number of nitrogens with two attached hydrogens (primary N) is 1. The Bertz CT molecular complexity index is 857. The van der Waals surface area contributed by atoms with Crippen molar-refractivity contribution in [2.45, 2.75) is 52.1 Å². The Morgan fingerprint density at radius 3 is 2.19 bits per heavy atom. The second kappa shape index (κ2) is 9.08. The van der Waals surface area contributed by atoms with Crippen LogP contribution in [-0.2, 0) is 9.53 Å². The molecule has 2 aliphatic heterocycles. The fourth-order valence-electron chi connectivity index (χ4n) is 4.25. The maximum Gasteiger partial charge on any atom is 0.410 e. The second-order valence-electron chi connectivity index (χ2n) is 9.46. The molecule has 0 aromatic carbocycles. The zero-order valence-corrected chi connectivity index (χ0v) is 18.6. The SMILES string of the molecule is CC(C)(C)OC(=O)N1CCC2(CC1)CCN(C(=O)c1ccncc1/C=C/C(N)=O)CC2. The highest BCUT2D eigenvalue weighted by molar-refractivity contribution is 5.99. The molecule has 2 N–H and O–H groups in total. The number of amides is 3. The Kier molecular flexibility index (Phi) is 6.67. The lowest BCUT2D eigenvalue weighted by molar-refractivity contribution is -0.113. The number of ether oxygens (including phenoxy) is 1. The monoisotopic (exact) mass is 428 g/mol. The number of nitrogens with zero attached hydrogens (tertiary/aromatic N) is 3. The van der Waals surface area contributed by atoms with Crippen molar-refractivity contribution in [3.05, 3.63) is 35.7 Å². The number of piperidine rings is 2. The van der Waals surface area contributed by atoms with Crippen LogP contribution in [0.1, 0.15) is 62.4 Å². The normalized spacial score (nSPS) is 18.9. The molecule has 0 unspecified atom stereocenters. The predicted octanol–water partition coefficient (Wildman–Crippen LogP) is 2.83. The lowest BCUT2D eigenvalue weighted by Gasteiger charge is -2.46. The first-order chi connectivity index (χ1) is 14.6. The van der Waals surface area contributed by atoms with E-state index in [0.717, 1.165) is 25.7 Å². The summed E-state index contributed by atoms with van der Waals surface area (Å²) < 4.78 is 5.49. The molecule has 2 saturated heterocycles. The van der Waals surface area contributed by atoms with E-state index in [0.29, 0.717) is 37.3 Å². The van der Waals surface area contributed by atoms with E-state index < -0.39 is 11.5 Å². The number of likely N-dealkylation sites (tertiary alicyclic amines) is 2. The maximum absolute atomic E-state index is 13.1. The van der Waals surface area contributed by atoms with Crippen molar-refractivity contribution in [2.24, 2.45) is 11.1 Å². The summed E-state index contributed by atoms with van der Waals surface area (Å²) in [7, 11) is 0. The number of carbonyl (C=O) groups excluding carboxylic acids is 3.